The molecule has 140 valence electrons. The average molecular weight is 382 g/mol. The second kappa shape index (κ2) is 8.26. The molecule has 5 heteroatoms. The minimum atomic E-state index is 0.376. The van der Waals surface area contributed by atoms with Gasteiger partial charge >= 0.3 is 0 Å². The van der Waals surface area contributed by atoms with Gasteiger partial charge in [0.1, 0.15) is 5.15 Å². The molecule has 0 bridgehead atoms. The van der Waals surface area contributed by atoms with E-state index in [1.807, 2.05) is 18.2 Å². The van der Waals surface area contributed by atoms with Crippen molar-refractivity contribution in [3.8, 4) is 0 Å². The third-order valence-electron chi connectivity index (χ3n) is 5.20. The lowest BCUT2D eigenvalue weighted by Crippen LogP contribution is -2.38. The number of benzene rings is 2. The molecule has 0 amide bonds. The van der Waals surface area contributed by atoms with E-state index in [0.717, 1.165) is 48.5 Å². The molecular formula is C22H24ClN3O. The molecule has 3 aromatic rings. The summed E-state index contributed by atoms with van der Waals surface area (Å²) >= 11 is 6.38. The molecule has 4 nitrogen and oxygen atoms in total. The monoisotopic (exact) mass is 381 g/mol. The van der Waals surface area contributed by atoms with E-state index < -0.39 is 0 Å². The van der Waals surface area contributed by atoms with Crippen LogP contribution in [-0.4, -0.2) is 36.2 Å². The fourth-order valence-electron chi connectivity index (χ4n) is 3.54. The van der Waals surface area contributed by atoms with Crippen LogP contribution in [0, 0.1) is 0 Å². The maximum absolute atomic E-state index is 6.38. The predicted molar refractivity (Wildman–Crippen MR) is 111 cm³/mol. The van der Waals surface area contributed by atoms with Gasteiger partial charge in [-0.3, -0.25) is 4.90 Å². The second-order valence-corrected chi connectivity index (χ2v) is 7.29. The van der Waals surface area contributed by atoms with Gasteiger partial charge in [-0.15, -0.1) is 0 Å². The lowest BCUT2D eigenvalue weighted by molar-refractivity contribution is 0.0199. The van der Waals surface area contributed by atoms with E-state index in [-0.39, 0.29) is 0 Å². The van der Waals surface area contributed by atoms with Gasteiger partial charge in [0.2, 0.25) is 0 Å². The number of ether oxygens (including phenoxy) is 1. The highest BCUT2D eigenvalue weighted by Gasteiger charge is 2.18. The zero-order valence-electron chi connectivity index (χ0n) is 15.5. The van der Waals surface area contributed by atoms with Crippen LogP contribution in [0.15, 0.2) is 54.6 Å². The Labute approximate surface area is 165 Å². The molecule has 27 heavy (non-hydrogen) atoms. The van der Waals surface area contributed by atoms with Gasteiger partial charge in [0.25, 0.3) is 0 Å². The largest absolute Gasteiger partial charge is 0.381 e. The minimum absolute atomic E-state index is 0.376. The Hall–Kier alpha value is -2.14. The zero-order valence-corrected chi connectivity index (χ0v) is 16.2. The first-order chi connectivity index (χ1) is 13.2. The lowest BCUT2D eigenvalue weighted by Gasteiger charge is -2.32. The summed E-state index contributed by atoms with van der Waals surface area (Å²) in [5.41, 5.74) is 4.33. The number of fused-ring (bicyclic) bond motifs is 1. The number of hydrogen-bond donors (Lipinski definition) is 1. The number of pyridine rings is 1. The molecule has 2 heterocycles. The van der Waals surface area contributed by atoms with Crippen LogP contribution >= 0.6 is 11.6 Å². The summed E-state index contributed by atoms with van der Waals surface area (Å²) in [6.07, 6.45) is 0. The van der Waals surface area contributed by atoms with Crippen LogP contribution < -0.4 is 5.32 Å². The molecule has 0 aliphatic carbocycles. The molecule has 1 fully saturated rings. The van der Waals surface area contributed by atoms with Crippen LogP contribution in [0.4, 0.5) is 5.69 Å². The summed E-state index contributed by atoms with van der Waals surface area (Å²) in [6.45, 7) is 6.50. The molecule has 0 saturated carbocycles. The Kier molecular flexibility index (Phi) is 5.58. The van der Waals surface area contributed by atoms with Crippen LogP contribution in [-0.2, 0) is 11.3 Å². The van der Waals surface area contributed by atoms with Crippen LogP contribution in [0.5, 0.6) is 0 Å². The molecule has 1 aliphatic heterocycles. The van der Waals surface area contributed by atoms with Crippen molar-refractivity contribution >= 4 is 28.2 Å². The fourth-order valence-corrected chi connectivity index (χ4v) is 3.75. The number of halogens is 1. The molecule has 4 rings (SSSR count). The highest BCUT2D eigenvalue weighted by molar-refractivity contribution is 6.30. The first-order valence-electron chi connectivity index (χ1n) is 9.40. The normalized spacial score (nSPS) is 16.4. The zero-order chi connectivity index (χ0) is 18.6. The lowest BCUT2D eigenvalue weighted by atomic mass is 10.1. The maximum atomic E-state index is 6.38. The fraction of sp³-hybridized carbons (Fsp3) is 0.318. The van der Waals surface area contributed by atoms with E-state index in [2.05, 4.69) is 58.5 Å². The van der Waals surface area contributed by atoms with Crippen molar-refractivity contribution in [1.29, 1.82) is 0 Å². The van der Waals surface area contributed by atoms with Gasteiger partial charge in [-0.1, -0.05) is 41.9 Å². The SMILES string of the molecule is CC(c1cccc(NCc2cc3ccccc3nc2Cl)c1)N1CCOCC1. The number of rotatable bonds is 5. The molecule has 1 aromatic heterocycles. The Morgan fingerprint density at radius 3 is 2.78 bits per heavy atom. The van der Waals surface area contributed by atoms with Gasteiger partial charge in [0.15, 0.2) is 0 Å². The summed E-state index contributed by atoms with van der Waals surface area (Å²) in [6, 6.07) is 19.1. The summed E-state index contributed by atoms with van der Waals surface area (Å²) in [4.78, 5) is 6.97. The van der Waals surface area contributed by atoms with Crippen molar-refractivity contribution in [2.24, 2.45) is 0 Å². The standard InChI is InChI=1S/C22H24ClN3O/c1-16(26-9-11-27-12-10-26)17-6-4-7-20(14-17)24-15-19-13-18-5-2-3-8-21(18)25-22(19)23/h2-8,13-14,16,24H,9-12,15H2,1H3. The number of anilines is 1. The van der Waals surface area contributed by atoms with Crippen molar-refractivity contribution in [2.45, 2.75) is 19.5 Å². The molecular weight excluding hydrogens is 358 g/mol. The molecule has 1 unspecified atom stereocenters. The molecule has 2 aromatic carbocycles. The molecule has 1 atom stereocenters. The third-order valence-corrected chi connectivity index (χ3v) is 5.52. The van der Waals surface area contributed by atoms with Crippen molar-refractivity contribution in [2.75, 3.05) is 31.6 Å². The predicted octanol–water partition coefficient (Wildman–Crippen LogP) is 4.89. The van der Waals surface area contributed by atoms with Gasteiger partial charge in [0, 0.05) is 42.3 Å². The van der Waals surface area contributed by atoms with Crippen molar-refractivity contribution < 1.29 is 4.74 Å². The highest BCUT2D eigenvalue weighted by atomic mass is 35.5. The van der Waals surface area contributed by atoms with E-state index >= 15 is 0 Å². The number of para-hydroxylation sites is 1. The van der Waals surface area contributed by atoms with Gasteiger partial charge < -0.3 is 10.1 Å². The quantitative estimate of drug-likeness (QED) is 0.638. The Morgan fingerprint density at radius 2 is 1.93 bits per heavy atom. The van der Waals surface area contributed by atoms with E-state index in [1.54, 1.807) is 0 Å². The Bertz CT molecular complexity index is 924. The van der Waals surface area contributed by atoms with Gasteiger partial charge in [-0.25, -0.2) is 4.98 Å². The minimum Gasteiger partial charge on any atom is -0.381 e. The van der Waals surface area contributed by atoms with Crippen molar-refractivity contribution in [3.63, 3.8) is 0 Å². The number of aromatic nitrogens is 1. The molecule has 0 spiro atoms. The van der Waals surface area contributed by atoms with Crippen LogP contribution in [0.25, 0.3) is 10.9 Å². The summed E-state index contributed by atoms with van der Waals surface area (Å²) in [5, 5.41) is 5.16. The van der Waals surface area contributed by atoms with Gasteiger partial charge in [0.05, 0.1) is 18.7 Å². The summed E-state index contributed by atoms with van der Waals surface area (Å²) < 4.78 is 5.47. The number of morpholine rings is 1. The second-order valence-electron chi connectivity index (χ2n) is 6.93. The van der Waals surface area contributed by atoms with Crippen LogP contribution in [0.3, 0.4) is 0 Å². The average Bonchev–Trinajstić information content (AvgIpc) is 2.72. The first-order valence-corrected chi connectivity index (χ1v) is 9.78. The maximum Gasteiger partial charge on any atom is 0.134 e. The molecule has 1 saturated heterocycles. The van der Waals surface area contributed by atoms with Gasteiger partial charge in [-0.05, 0) is 36.8 Å². The highest BCUT2D eigenvalue weighted by Crippen LogP contribution is 2.25. The van der Waals surface area contributed by atoms with E-state index in [1.165, 1.54) is 5.56 Å². The van der Waals surface area contributed by atoms with E-state index in [4.69, 9.17) is 16.3 Å². The Morgan fingerprint density at radius 1 is 1.11 bits per heavy atom. The number of hydrogen-bond acceptors (Lipinski definition) is 4. The smallest absolute Gasteiger partial charge is 0.134 e. The summed E-state index contributed by atoms with van der Waals surface area (Å²) in [7, 11) is 0. The van der Waals surface area contributed by atoms with Crippen molar-refractivity contribution in [3.05, 3.63) is 70.9 Å². The number of nitrogens with one attached hydrogen (secondary N) is 1. The first kappa shape index (κ1) is 18.2. The summed E-state index contributed by atoms with van der Waals surface area (Å²) in [5.74, 6) is 0. The van der Waals surface area contributed by atoms with Crippen molar-refractivity contribution in [1.82, 2.24) is 9.88 Å². The molecule has 1 aliphatic rings. The van der Waals surface area contributed by atoms with E-state index in [9.17, 15) is 0 Å². The molecule has 0 radical (unpaired) electrons. The topological polar surface area (TPSA) is 37.4 Å². The van der Waals surface area contributed by atoms with Crippen LogP contribution in [0.2, 0.25) is 5.15 Å². The van der Waals surface area contributed by atoms with Gasteiger partial charge in [-0.2, -0.15) is 0 Å². The Balaban J connectivity index is 1.48. The number of nitrogens with zero attached hydrogens (tertiary/aromatic N) is 2. The third kappa shape index (κ3) is 4.24. The van der Waals surface area contributed by atoms with Crippen LogP contribution in [0.1, 0.15) is 24.1 Å². The van der Waals surface area contributed by atoms with E-state index in [0.29, 0.717) is 17.7 Å². The molecule has 1 N–H and O–H groups in total.